The highest BCUT2D eigenvalue weighted by Crippen LogP contribution is 2.20. The summed E-state index contributed by atoms with van der Waals surface area (Å²) in [5.41, 5.74) is 1.80. The lowest BCUT2D eigenvalue weighted by Gasteiger charge is -2.06. The van der Waals surface area contributed by atoms with Gasteiger partial charge in [-0.3, -0.25) is 4.79 Å². The largest absolute Gasteiger partial charge is 0.494 e. The fourth-order valence-electron chi connectivity index (χ4n) is 2.65. The van der Waals surface area contributed by atoms with Crippen LogP contribution in [-0.2, 0) is 9.47 Å². The number of esters is 2. The maximum Gasteiger partial charge on any atom is 0.355 e. The Hall–Kier alpha value is -3.09. The number of aromatic amines is 1. The molecule has 7 heteroatoms. The molecule has 1 N–H and O–H groups in total. The predicted octanol–water partition coefficient (Wildman–Crippen LogP) is 3.25. The number of ether oxygens (including phenoxy) is 3. The standard InChI is InChI=1S/C20H23NO6/c1-5-25-15-9-7-14(8-10-15)16(22)11-27-20(24)18-12(3)17(13(4)21-18)19(23)26-6-2/h7-10,21H,5-6,11H2,1-4H3. The number of nitrogens with one attached hydrogen (secondary N) is 1. The molecule has 0 radical (unpaired) electrons. The highest BCUT2D eigenvalue weighted by Gasteiger charge is 2.24. The van der Waals surface area contributed by atoms with Crippen LogP contribution in [-0.4, -0.2) is 42.5 Å². The molecule has 0 aliphatic heterocycles. The molecule has 2 rings (SSSR count). The Morgan fingerprint density at radius 3 is 2.19 bits per heavy atom. The molecule has 0 bridgehead atoms. The van der Waals surface area contributed by atoms with Crippen molar-refractivity contribution in [3.8, 4) is 5.75 Å². The molecule has 1 aromatic heterocycles. The zero-order valence-electron chi connectivity index (χ0n) is 15.9. The van der Waals surface area contributed by atoms with Crippen LogP contribution in [0.3, 0.4) is 0 Å². The van der Waals surface area contributed by atoms with E-state index in [9.17, 15) is 14.4 Å². The van der Waals surface area contributed by atoms with E-state index in [2.05, 4.69) is 4.98 Å². The Kier molecular flexibility index (Phi) is 6.76. The van der Waals surface area contributed by atoms with E-state index in [0.717, 1.165) is 0 Å². The molecule has 2 aromatic rings. The fraction of sp³-hybridized carbons (Fsp3) is 0.350. The highest BCUT2D eigenvalue weighted by atomic mass is 16.5. The van der Waals surface area contributed by atoms with Crippen molar-refractivity contribution in [2.75, 3.05) is 19.8 Å². The lowest BCUT2D eigenvalue weighted by atomic mass is 10.1. The molecule has 0 saturated carbocycles. The molecule has 0 saturated heterocycles. The third-order valence-electron chi connectivity index (χ3n) is 3.94. The minimum Gasteiger partial charge on any atom is -0.494 e. The van der Waals surface area contributed by atoms with Crippen LogP contribution >= 0.6 is 0 Å². The summed E-state index contributed by atoms with van der Waals surface area (Å²) in [7, 11) is 0. The van der Waals surface area contributed by atoms with Crippen LogP contribution in [0.25, 0.3) is 0 Å². The summed E-state index contributed by atoms with van der Waals surface area (Å²) in [5.74, 6) is -0.883. The zero-order valence-corrected chi connectivity index (χ0v) is 15.9. The number of carbonyl (C=O) groups excluding carboxylic acids is 3. The Balaban J connectivity index is 2.04. The summed E-state index contributed by atoms with van der Waals surface area (Å²) < 4.78 is 15.4. The molecule has 1 aromatic carbocycles. The Morgan fingerprint density at radius 2 is 1.59 bits per heavy atom. The minimum absolute atomic E-state index is 0.134. The van der Waals surface area contributed by atoms with Crippen LogP contribution in [0.15, 0.2) is 24.3 Å². The molecule has 0 aliphatic carbocycles. The summed E-state index contributed by atoms with van der Waals surface area (Å²) >= 11 is 0. The van der Waals surface area contributed by atoms with Crippen LogP contribution in [0, 0.1) is 13.8 Å². The topological polar surface area (TPSA) is 94.7 Å². The molecular formula is C20H23NO6. The van der Waals surface area contributed by atoms with Crippen molar-refractivity contribution >= 4 is 17.7 Å². The number of rotatable bonds is 8. The van der Waals surface area contributed by atoms with E-state index in [1.54, 1.807) is 45.0 Å². The average molecular weight is 373 g/mol. The number of aromatic nitrogens is 1. The van der Waals surface area contributed by atoms with Crippen molar-refractivity contribution in [3.05, 3.63) is 52.3 Å². The summed E-state index contributed by atoms with van der Waals surface area (Å²) in [6.45, 7) is 7.24. The minimum atomic E-state index is -0.703. The lowest BCUT2D eigenvalue weighted by Crippen LogP contribution is -2.15. The van der Waals surface area contributed by atoms with Gasteiger partial charge in [0.15, 0.2) is 12.4 Å². The second kappa shape index (κ2) is 9.02. The molecule has 7 nitrogen and oxygen atoms in total. The van der Waals surface area contributed by atoms with Gasteiger partial charge in [-0.15, -0.1) is 0 Å². The van der Waals surface area contributed by atoms with Gasteiger partial charge in [-0.25, -0.2) is 9.59 Å². The average Bonchev–Trinajstić information content (AvgIpc) is 2.95. The molecule has 0 amide bonds. The van der Waals surface area contributed by atoms with E-state index < -0.39 is 18.5 Å². The Labute approximate surface area is 157 Å². The second-order valence-electron chi connectivity index (χ2n) is 5.80. The third kappa shape index (κ3) is 4.75. The molecule has 1 heterocycles. The van der Waals surface area contributed by atoms with Crippen molar-refractivity contribution < 1.29 is 28.6 Å². The van der Waals surface area contributed by atoms with Gasteiger partial charge in [0.25, 0.3) is 0 Å². The van der Waals surface area contributed by atoms with Gasteiger partial charge in [0.1, 0.15) is 11.4 Å². The molecule has 0 unspecified atom stereocenters. The van der Waals surface area contributed by atoms with E-state index in [1.165, 1.54) is 0 Å². The quantitative estimate of drug-likeness (QED) is 0.564. The van der Waals surface area contributed by atoms with Gasteiger partial charge >= 0.3 is 11.9 Å². The van der Waals surface area contributed by atoms with Crippen LogP contribution in [0.2, 0.25) is 0 Å². The van der Waals surface area contributed by atoms with Gasteiger partial charge in [-0.2, -0.15) is 0 Å². The zero-order chi connectivity index (χ0) is 20.0. The first kappa shape index (κ1) is 20.2. The molecule has 0 aliphatic rings. The van der Waals surface area contributed by atoms with Crippen molar-refractivity contribution in [3.63, 3.8) is 0 Å². The number of carbonyl (C=O) groups is 3. The summed E-state index contributed by atoms with van der Waals surface area (Å²) in [6, 6.07) is 6.60. The molecular weight excluding hydrogens is 350 g/mol. The molecule has 27 heavy (non-hydrogen) atoms. The van der Waals surface area contributed by atoms with Crippen LogP contribution < -0.4 is 4.74 Å². The predicted molar refractivity (Wildman–Crippen MR) is 98.4 cm³/mol. The highest BCUT2D eigenvalue weighted by molar-refractivity contribution is 6.01. The van der Waals surface area contributed by atoms with Crippen LogP contribution in [0.5, 0.6) is 5.75 Å². The van der Waals surface area contributed by atoms with Crippen molar-refractivity contribution in [1.82, 2.24) is 4.98 Å². The van der Waals surface area contributed by atoms with E-state index in [1.807, 2.05) is 6.92 Å². The van der Waals surface area contributed by atoms with Gasteiger partial charge in [-0.1, -0.05) is 0 Å². The maximum atomic E-state index is 12.3. The van der Waals surface area contributed by atoms with Crippen molar-refractivity contribution in [2.45, 2.75) is 27.7 Å². The number of Topliss-reactive ketones (excluding diaryl/α,β-unsaturated/α-hetero) is 1. The van der Waals surface area contributed by atoms with Crippen molar-refractivity contribution in [1.29, 1.82) is 0 Å². The van der Waals surface area contributed by atoms with E-state index in [4.69, 9.17) is 14.2 Å². The van der Waals surface area contributed by atoms with E-state index in [-0.39, 0.29) is 18.1 Å². The number of ketones is 1. The normalized spacial score (nSPS) is 10.4. The first-order valence-corrected chi connectivity index (χ1v) is 8.68. The second-order valence-corrected chi connectivity index (χ2v) is 5.80. The van der Waals surface area contributed by atoms with E-state index >= 15 is 0 Å². The van der Waals surface area contributed by atoms with Crippen molar-refractivity contribution in [2.24, 2.45) is 0 Å². The van der Waals surface area contributed by atoms with Gasteiger partial charge in [0.2, 0.25) is 0 Å². The van der Waals surface area contributed by atoms with E-state index in [0.29, 0.717) is 34.7 Å². The smallest absolute Gasteiger partial charge is 0.355 e. The molecule has 0 fully saturated rings. The Morgan fingerprint density at radius 1 is 0.926 bits per heavy atom. The summed E-state index contributed by atoms with van der Waals surface area (Å²) in [6.07, 6.45) is 0. The molecule has 0 atom stereocenters. The number of H-pyrrole nitrogens is 1. The number of hydrogen-bond donors (Lipinski definition) is 1. The molecule has 0 spiro atoms. The maximum absolute atomic E-state index is 12.3. The lowest BCUT2D eigenvalue weighted by molar-refractivity contribution is 0.0468. The monoisotopic (exact) mass is 373 g/mol. The van der Waals surface area contributed by atoms with Gasteiger partial charge < -0.3 is 19.2 Å². The van der Waals surface area contributed by atoms with Gasteiger partial charge in [0.05, 0.1) is 18.8 Å². The SMILES string of the molecule is CCOC(=O)c1c(C)[nH]c(C(=O)OCC(=O)c2ccc(OCC)cc2)c1C. The first-order valence-electron chi connectivity index (χ1n) is 8.68. The summed E-state index contributed by atoms with van der Waals surface area (Å²) in [4.78, 5) is 39.3. The van der Waals surface area contributed by atoms with Gasteiger partial charge in [0, 0.05) is 11.3 Å². The number of aryl methyl sites for hydroxylation is 1. The number of benzene rings is 1. The van der Waals surface area contributed by atoms with Crippen LogP contribution in [0.1, 0.15) is 56.3 Å². The van der Waals surface area contributed by atoms with Gasteiger partial charge in [-0.05, 0) is 57.5 Å². The molecule has 144 valence electrons. The Bertz CT molecular complexity index is 835. The third-order valence-corrected chi connectivity index (χ3v) is 3.94. The number of hydrogen-bond acceptors (Lipinski definition) is 6. The van der Waals surface area contributed by atoms with Crippen LogP contribution in [0.4, 0.5) is 0 Å². The fourth-order valence-corrected chi connectivity index (χ4v) is 2.65. The summed E-state index contributed by atoms with van der Waals surface area (Å²) in [5, 5.41) is 0. The first-order chi connectivity index (χ1) is 12.9.